The third-order valence-electron chi connectivity index (χ3n) is 3.84. The van der Waals surface area contributed by atoms with Gasteiger partial charge in [0.25, 0.3) is 0 Å². The van der Waals surface area contributed by atoms with E-state index in [1.807, 2.05) is 19.1 Å². The number of amides is 3. The van der Waals surface area contributed by atoms with Crippen LogP contribution < -0.4 is 15.4 Å². The second kappa shape index (κ2) is 7.71. The fourth-order valence-corrected chi connectivity index (χ4v) is 2.70. The molecule has 7 heteroatoms. The van der Waals surface area contributed by atoms with Crippen LogP contribution in [0.1, 0.15) is 18.4 Å². The number of nitrogens with zero attached hydrogens (tertiary/aromatic N) is 1. The minimum Gasteiger partial charge on any atom is -0.496 e. The van der Waals surface area contributed by atoms with Gasteiger partial charge in [-0.05, 0) is 43.5 Å². The van der Waals surface area contributed by atoms with Crippen molar-refractivity contribution in [2.75, 3.05) is 32.6 Å². The molecule has 1 aliphatic rings. The van der Waals surface area contributed by atoms with Gasteiger partial charge in [-0.25, -0.2) is 9.59 Å². The van der Waals surface area contributed by atoms with Crippen molar-refractivity contribution in [1.82, 2.24) is 10.2 Å². The molecule has 2 N–H and O–H groups in total. The van der Waals surface area contributed by atoms with E-state index in [0.29, 0.717) is 18.8 Å². The fourth-order valence-electron chi connectivity index (χ4n) is 2.70. The van der Waals surface area contributed by atoms with Crippen molar-refractivity contribution in [3.63, 3.8) is 0 Å². The highest BCUT2D eigenvalue weighted by Crippen LogP contribution is 2.21. The molecule has 1 heterocycles. The summed E-state index contributed by atoms with van der Waals surface area (Å²) in [5.41, 5.74) is 1.64. The molecular formula is C16H23N3O4. The Balaban J connectivity index is 1.89. The quantitative estimate of drug-likeness (QED) is 0.895. The monoisotopic (exact) mass is 321 g/mol. The van der Waals surface area contributed by atoms with Gasteiger partial charge in [0.05, 0.1) is 14.2 Å². The average Bonchev–Trinajstić information content (AvgIpc) is 2.54. The largest absolute Gasteiger partial charge is 0.496 e. The summed E-state index contributed by atoms with van der Waals surface area (Å²) in [6.45, 7) is 3.03. The van der Waals surface area contributed by atoms with Crippen LogP contribution in [0.3, 0.4) is 0 Å². The molecule has 1 atom stereocenters. The van der Waals surface area contributed by atoms with Gasteiger partial charge in [0.15, 0.2) is 0 Å². The first-order valence-electron chi connectivity index (χ1n) is 7.58. The Morgan fingerprint density at radius 3 is 2.74 bits per heavy atom. The van der Waals surface area contributed by atoms with E-state index in [0.717, 1.165) is 24.2 Å². The van der Waals surface area contributed by atoms with Crippen LogP contribution in [0.15, 0.2) is 18.2 Å². The van der Waals surface area contributed by atoms with Gasteiger partial charge in [-0.2, -0.15) is 0 Å². The van der Waals surface area contributed by atoms with Crippen molar-refractivity contribution >= 4 is 17.8 Å². The molecule has 0 bridgehead atoms. The molecule has 3 amide bonds. The lowest BCUT2D eigenvalue weighted by molar-refractivity contribution is 0.108. The third-order valence-corrected chi connectivity index (χ3v) is 3.84. The molecule has 1 fully saturated rings. The maximum absolute atomic E-state index is 12.1. The minimum atomic E-state index is -0.359. The zero-order valence-electron chi connectivity index (χ0n) is 13.7. The number of likely N-dealkylation sites (tertiary alicyclic amines) is 1. The normalized spacial score (nSPS) is 17.3. The fraction of sp³-hybridized carbons (Fsp3) is 0.500. The van der Waals surface area contributed by atoms with Crippen LogP contribution in [-0.2, 0) is 4.74 Å². The van der Waals surface area contributed by atoms with Crippen LogP contribution >= 0.6 is 0 Å². The van der Waals surface area contributed by atoms with Gasteiger partial charge in [-0.15, -0.1) is 0 Å². The number of rotatable bonds is 3. The van der Waals surface area contributed by atoms with Gasteiger partial charge in [0.1, 0.15) is 5.75 Å². The first-order chi connectivity index (χ1) is 11.0. The van der Waals surface area contributed by atoms with Gasteiger partial charge < -0.3 is 25.0 Å². The summed E-state index contributed by atoms with van der Waals surface area (Å²) in [5, 5.41) is 5.69. The molecule has 1 aromatic rings. The summed E-state index contributed by atoms with van der Waals surface area (Å²) in [6.07, 6.45) is 1.31. The predicted molar refractivity (Wildman–Crippen MR) is 86.9 cm³/mol. The van der Waals surface area contributed by atoms with Crippen LogP contribution in [-0.4, -0.2) is 50.4 Å². The summed E-state index contributed by atoms with van der Waals surface area (Å²) >= 11 is 0. The number of anilines is 1. The highest BCUT2D eigenvalue weighted by Gasteiger charge is 2.25. The maximum Gasteiger partial charge on any atom is 0.409 e. The molecule has 1 unspecified atom stereocenters. The van der Waals surface area contributed by atoms with Crippen molar-refractivity contribution in [3.05, 3.63) is 23.8 Å². The van der Waals surface area contributed by atoms with Gasteiger partial charge >= 0.3 is 12.1 Å². The molecule has 0 aromatic heterocycles. The van der Waals surface area contributed by atoms with Crippen molar-refractivity contribution in [2.24, 2.45) is 0 Å². The third kappa shape index (κ3) is 4.51. The van der Waals surface area contributed by atoms with Crippen molar-refractivity contribution in [3.8, 4) is 5.75 Å². The number of hydrogen-bond donors (Lipinski definition) is 2. The van der Waals surface area contributed by atoms with E-state index in [4.69, 9.17) is 9.47 Å². The number of aryl methyl sites for hydroxylation is 1. The zero-order chi connectivity index (χ0) is 16.8. The first-order valence-corrected chi connectivity index (χ1v) is 7.58. The Hall–Kier alpha value is -2.44. The molecule has 0 spiro atoms. The van der Waals surface area contributed by atoms with Crippen LogP contribution in [0, 0.1) is 6.92 Å². The van der Waals surface area contributed by atoms with Crippen molar-refractivity contribution in [2.45, 2.75) is 25.8 Å². The number of carbonyl (C=O) groups excluding carboxylic acids is 2. The Morgan fingerprint density at radius 2 is 2.09 bits per heavy atom. The highest BCUT2D eigenvalue weighted by atomic mass is 16.5. The number of piperidine rings is 1. The van der Waals surface area contributed by atoms with E-state index >= 15 is 0 Å². The molecule has 1 aliphatic heterocycles. The molecule has 0 radical (unpaired) electrons. The average molecular weight is 321 g/mol. The zero-order valence-corrected chi connectivity index (χ0v) is 13.7. The van der Waals surface area contributed by atoms with E-state index < -0.39 is 0 Å². The molecular weight excluding hydrogens is 298 g/mol. The molecule has 0 saturated carbocycles. The number of carbonyl (C=O) groups is 2. The van der Waals surface area contributed by atoms with Gasteiger partial charge in [-0.3, -0.25) is 0 Å². The topological polar surface area (TPSA) is 79.9 Å². The summed E-state index contributed by atoms with van der Waals surface area (Å²) in [7, 11) is 2.97. The lowest BCUT2D eigenvalue weighted by atomic mass is 10.1. The smallest absolute Gasteiger partial charge is 0.409 e. The van der Waals surface area contributed by atoms with Gasteiger partial charge in [-0.1, -0.05) is 0 Å². The first kappa shape index (κ1) is 16.9. The summed E-state index contributed by atoms with van der Waals surface area (Å²) in [6, 6.07) is 5.07. The van der Waals surface area contributed by atoms with E-state index in [1.165, 1.54) is 7.11 Å². The Morgan fingerprint density at radius 1 is 1.30 bits per heavy atom. The number of ether oxygens (including phenoxy) is 2. The SMILES string of the molecule is COC(=O)N1CCCC(NC(=O)Nc2ccc(OC)c(C)c2)C1. The summed E-state index contributed by atoms with van der Waals surface area (Å²) in [5.74, 6) is 0.775. The lowest BCUT2D eigenvalue weighted by Crippen LogP contribution is -2.50. The molecule has 2 rings (SSSR count). The van der Waals surface area contributed by atoms with Crippen LogP contribution in [0.5, 0.6) is 5.75 Å². The Kier molecular flexibility index (Phi) is 5.67. The molecule has 7 nitrogen and oxygen atoms in total. The molecule has 1 saturated heterocycles. The second-order valence-corrected chi connectivity index (χ2v) is 5.54. The van der Waals surface area contributed by atoms with Crippen LogP contribution in [0.4, 0.5) is 15.3 Å². The molecule has 23 heavy (non-hydrogen) atoms. The molecule has 0 aliphatic carbocycles. The van der Waals surface area contributed by atoms with Crippen LogP contribution in [0.2, 0.25) is 0 Å². The predicted octanol–water partition coefficient (Wildman–Crippen LogP) is 2.36. The summed E-state index contributed by atoms with van der Waals surface area (Å²) in [4.78, 5) is 25.3. The molecule has 126 valence electrons. The standard InChI is InChI=1S/C16H23N3O4/c1-11-9-12(6-7-14(11)22-2)17-15(20)18-13-5-4-8-19(10-13)16(21)23-3/h6-7,9,13H,4-5,8,10H2,1-3H3,(H2,17,18,20). The number of benzene rings is 1. The van der Waals surface area contributed by atoms with E-state index in [1.54, 1.807) is 18.1 Å². The minimum absolute atomic E-state index is 0.0813. The van der Waals surface area contributed by atoms with Gasteiger partial charge in [0.2, 0.25) is 0 Å². The van der Waals surface area contributed by atoms with E-state index in [2.05, 4.69) is 10.6 Å². The Bertz CT molecular complexity index is 576. The lowest BCUT2D eigenvalue weighted by Gasteiger charge is -2.32. The van der Waals surface area contributed by atoms with E-state index in [-0.39, 0.29) is 18.2 Å². The van der Waals surface area contributed by atoms with Crippen LogP contribution in [0.25, 0.3) is 0 Å². The van der Waals surface area contributed by atoms with Crippen molar-refractivity contribution < 1.29 is 19.1 Å². The number of methoxy groups -OCH3 is 2. The summed E-state index contributed by atoms with van der Waals surface area (Å²) < 4.78 is 9.91. The van der Waals surface area contributed by atoms with Crippen molar-refractivity contribution in [1.29, 1.82) is 0 Å². The Labute approximate surface area is 135 Å². The maximum atomic E-state index is 12.1. The second-order valence-electron chi connectivity index (χ2n) is 5.54. The molecule has 1 aromatic carbocycles. The number of urea groups is 1. The van der Waals surface area contributed by atoms with Gasteiger partial charge in [0, 0.05) is 24.8 Å². The number of nitrogens with one attached hydrogen (secondary N) is 2. The highest BCUT2D eigenvalue weighted by molar-refractivity contribution is 5.89. The van der Waals surface area contributed by atoms with E-state index in [9.17, 15) is 9.59 Å². The number of hydrogen-bond acceptors (Lipinski definition) is 4.